The van der Waals surface area contributed by atoms with E-state index in [0.717, 1.165) is 11.3 Å². The lowest BCUT2D eigenvalue weighted by molar-refractivity contribution is -0.292. The van der Waals surface area contributed by atoms with Crippen LogP contribution in [0.4, 0.5) is 18.9 Å². The van der Waals surface area contributed by atoms with Crippen LogP contribution in [-0.2, 0) is 16.1 Å². The Morgan fingerprint density at radius 3 is 2.33 bits per heavy atom. The molecule has 3 rings (SSSR count). The van der Waals surface area contributed by atoms with E-state index in [1.54, 1.807) is 24.3 Å². The molecule has 1 aliphatic heterocycles. The normalized spacial score (nSPS) is 22.8. The van der Waals surface area contributed by atoms with Crippen molar-refractivity contribution in [3.63, 3.8) is 0 Å². The number of hydrogen-bond donors (Lipinski definition) is 3. The average molecular weight is 482 g/mol. The molecule has 0 aromatic heterocycles. The number of alkyl halides is 3. The molecule has 0 saturated carbocycles. The second-order valence-corrected chi connectivity index (χ2v) is 8.07. The van der Waals surface area contributed by atoms with Crippen LogP contribution < -0.4 is 15.5 Å². The molecular weight excluding hydrogens is 455 g/mol. The molecule has 0 bridgehead atoms. The molecule has 0 spiro atoms. The molecule has 1 aliphatic rings. The zero-order chi connectivity index (χ0) is 24.2. The molecule has 0 unspecified atom stereocenters. The van der Waals surface area contributed by atoms with Crippen molar-refractivity contribution in [1.82, 2.24) is 10.6 Å². The van der Waals surface area contributed by atoms with E-state index in [-0.39, 0.29) is 6.61 Å². The topological polar surface area (TPSA) is 73.8 Å². The van der Waals surface area contributed by atoms with Gasteiger partial charge in [-0.3, -0.25) is 4.79 Å². The number of thiocarbonyl (C=S) groups is 1. The number of carbonyl (C=O) groups excluding carboxylic acids is 1. The van der Waals surface area contributed by atoms with Gasteiger partial charge < -0.3 is 25.4 Å². The fourth-order valence-electron chi connectivity index (χ4n) is 3.90. The molecule has 2 aromatic rings. The maximum atomic E-state index is 13.8. The Labute approximate surface area is 195 Å². The summed E-state index contributed by atoms with van der Waals surface area (Å²) in [5, 5.41) is 14.7. The lowest BCUT2D eigenvalue weighted by Crippen LogP contribution is -2.73. The van der Waals surface area contributed by atoms with E-state index in [2.05, 4.69) is 10.2 Å². The summed E-state index contributed by atoms with van der Waals surface area (Å²) in [6, 6.07) is 15.4. The number of nitrogens with one attached hydrogen (secondary N) is 2. The molecule has 10 heteroatoms. The van der Waals surface area contributed by atoms with Gasteiger partial charge >= 0.3 is 12.1 Å². The van der Waals surface area contributed by atoms with Crippen molar-refractivity contribution < 1.29 is 27.8 Å². The Morgan fingerprint density at radius 1 is 1.15 bits per heavy atom. The van der Waals surface area contributed by atoms with Crippen LogP contribution in [0.25, 0.3) is 0 Å². The number of rotatable bonds is 7. The second-order valence-electron chi connectivity index (χ2n) is 7.66. The van der Waals surface area contributed by atoms with E-state index in [4.69, 9.17) is 17.0 Å². The van der Waals surface area contributed by atoms with Crippen LogP contribution in [0.3, 0.4) is 0 Å². The standard InChI is InChI=1S/C23H26F3N3O3S/c1-3-29(14-15-8-6-5-7-9-15)17-12-10-16(11-13-17)19-18(20(30)32-4-2)22(31,23(24,25)26)28-21(33)27-19/h5-13,18-19,31H,3-4,14H2,1-2H3,(H2,27,28,33)/t18-,19+,22+/m0/s1. The molecule has 1 saturated heterocycles. The predicted molar refractivity (Wildman–Crippen MR) is 122 cm³/mol. The summed E-state index contributed by atoms with van der Waals surface area (Å²) in [5.74, 6) is -3.20. The maximum absolute atomic E-state index is 13.8. The van der Waals surface area contributed by atoms with Crippen LogP contribution in [0.15, 0.2) is 54.6 Å². The van der Waals surface area contributed by atoms with E-state index in [1.807, 2.05) is 42.6 Å². The van der Waals surface area contributed by atoms with Crippen LogP contribution in [-0.4, -0.2) is 41.2 Å². The molecule has 2 aromatic carbocycles. The zero-order valence-electron chi connectivity index (χ0n) is 18.2. The minimum Gasteiger partial charge on any atom is -0.466 e. The minimum atomic E-state index is -5.18. The van der Waals surface area contributed by atoms with Gasteiger partial charge in [-0.2, -0.15) is 13.2 Å². The van der Waals surface area contributed by atoms with Gasteiger partial charge in [0.15, 0.2) is 5.11 Å². The highest BCUT2D eigenvalue weighted by Crippen LogP contribution is 2.43. The highest BCUT2D eigenvalue weighted by molar-refractivity contribution is 7.80. The quantitative estimate of drug-likeness (QED) is 0.412. The number of aliphatic hydroxyl groups is 1. The third-order valence-corrected chi connectivity index (χ3v) is 5.78. The smallest absolute Gasteiger partial charge is 0.437 e. The Kier molecular flexibility index (Phi) is 7.48. The van der Waals surface area contributed by atoms with Gasteiger partial charge in [0.05, 0.1) is 12.6 Å². The largest absolute Gasteiger partial charge is 0.466 e. The number of anilines is 1. The summed E-state index contributed by atoms with van der Waals surface area (Å²) in [5.41, 5.74) is -1.24. The Hall–Kier alpha value is -2.85. The van der Waals surface area contributed by atoms with Gasteiger partial charge in [-0.1, -0.05) is 42.5 Å². The summed E-state index contributed by atoms with van der Waals surface area (Å²) in [4.78, 5) is 14.7. The molecular formula is C23H26F3N3O3S. The first-order valence-electron chi connectivity index (χ1n) is 10.5. The van der Waals surface area contributed by atoms with E-state index in [0.29, 0.717) is 18.7 Å². The number of hydrogen-bond acceptors (Lipinski definition) is 5. The van der Waals surface area contributed by atoms with E-state index in [9.17, 15) is 23.1 Å². The van der Waals surface area contributed by atoms with Gasteiger partial charge in [-0.15, -0.1) is 0 Å². The van der Waals surface area contributed by atoms with E-state index in [1.165, 1.54) is 6.92 Å². The van der Waals surface area contributed by atoms with E-state index >= 15 is 0 Å². The summed E-state index contributed by atoms with van der Waals surface area (Å²) in [7, 11) is 0. The van der Waals surface area contributed by atoms with Gasteiger partial charge in [-0.05, 0) is 49.3 Å². The molecule has 3 N–H and O–H groups in total. The van der Waals surface area contributed by atoms with E-state index < -0.39 is 34.9 Å². The molecule has 0 aliphatic carbocycles. The number of carbonyl (C=O) groups is 1. The third kappa shape index (κ3) is 5.22. The van der Waals surface area contributed by atoms with Crippen LogP contribution in [0.5, 0.6) is 0 Å². The summed E-state index contributed by atoms with van der Waals surface area (Å²) >= 11 is 4.92. The van der Waals surface area contributed by atoms with Crippen molar-refractivity contribution in [1.29, 1.82) is 0 Å². The second kappa shape index (κ2) is 9.96. The predicted octanol–water partition coefficient (Wildman–Crippen LogP) is 3.66. The SMILES string of the molecule is CCOC(=O)[C@@H]1[C@@H](c2ccc(N(CC)Cc3ccccc3)cc2)NC(=S)N[C@]1(O)C(F)(F)F. The van der Waals surface area contributed by atoms with Crippen molar-refractivity contribution in [2.45, 2.75) is 38.3 Å². The first kappa shape index (κ1) is 24.8. The highest BCUT2D eigenvalue weighted by atomic mass is 32.1. The lowest BCUT2D eigenvalue weighted by atomic mass is 9.82. The van der Waals surface area contributed by atoms with Crippen molar-refractivity contribution >= 4 is 29.0 Å². The van der Waals surface area contributed by atoms with Gasteiger partial charge in [0.2, 0.25) is 0 Å². The molecule has 0 radical (unpaired) electrons. The Balaban J connectivity index is 1.93. The van der Waals surface area contributed by atoms with Crippen LogP contribution in [0.2, 0.25) is 0 Å². The third-order valence-electron chi connectivity index (χ3n) is 5.56. The molecule has 0 amide bonds. The molecule has 178 valence electrons. The number of ether oxygens (including phenoxy) is 1. The van der Waals surface area contributed by atoms with Crippen molar-refractivity contribution in [2.75, 3.05) is 18.1 Å². The molecule has 1 heterocycles. The van der Waals surface area contributed by atoms with Gasteiger partial charge in [0.25, 0.3) is 5.72 Å². The number of halogens is 3. The minimum absolute atomic E-state index is 0.135. The number of nitrogens with zero attached hydrogens (tertiary/aromatic N) is 1. The van der Waals surface area contributed by atoms with Crippen molar-refractivity contribution in [2.24, 2.45) is 5.92 Å². The van der Waals surface area contributed by atoms with Gasteiger partial charge in [-0.25, -0.2) is 0 Å². The first-order chi connectivity index (χ1) is 15.6. The maximum Gasteiger partial charge on any atom is 0.437 e. The van der Waals surface area contributed by atoms with Crippen LogP contribution >= 0.6 is 12.2 Å². The zero-order valence-corrected chi connectivity index (χ0v) is 19.0. The highest BCUT2D eigenvalue weighted by Gasteiger charge is 2.66. The molecule has 6 nitrogen and oxygen atoms in total. The van der Waals surface area contributed by atoms with Gasteiger partial charge in [0, 0.05) is 18.8 Å². The van der Waals surface area contributed by atoms with Crippen LogP contribution in [0.1, 0.15) is 31.0 Å². The number of esters is 1. The molecule has 3 atom stereocenters. The lowest BCUT2D eigenvalue weighted by Gasteiger charge is -2.45. The summed E-state index contributed by atoms with van der Waals surface area (Å²) in [6.45, 7) is 4.72. The average Bonchev–Trinajstić information content (AvgIpc) is 2.77. The van der Waals surface area contributed by atoms with Crippen molar-refractivity contribution in [3.8, 4) is 0 Å². The first-order valence-corrected chi connectivity index (χ1v) is 10.9. The Morgan fingerprint density at radius 2 is 1.79 bits per heavy atom. The molecule has 1 fully saturated rings. The van der Waals surface area contributed by atoms with Gasteiger partial charge in [0.1, 0.15) is 5.92 Å². The Bertz CT molecular complexity index is 972. The van der Waals surface area contributed by atoms with Crippen molar-refractivity contribution in [3.05, 3.63) is 65.7 Å². The molecule has 33 heavy (non-hydrogen) atoms. The fourth-order valence-corrected chi connectivity index (χ4v) is 4.18. The fraction of sp³-hybridized carbons (Fsp3) is 0.391. The monoisotopic (exact) mass is 481 g/mol. The summed E-state index contributed by atoms with van der Waals surface area (Å²) < 4.78 is 46.4. The van der Waals surface area contributed by atoms with Crippen LogP contribution in [0, 0.1) is 5.92 Å². The number of benzene rings is 2. The summed E-state index contributed by atoms with van der Waals surface area (Å²) in [6.07, 6.45) is -5.18.